The fourth-order valence-corrected chi connectivity index (χ4v) is 4.42. The van der Waals surface area contributed by atoms with E-state index in [0.29, 0.717) is 39.3 Å². The van der Waals surface area contributed by atoms with E-state index in [1.54, 1.807) is 11.8 Å². The highest BCUT2D eigenvalue weighted by Gasteiger charge is 2.52. The summed E-state index contributed by atoms with van der Waals surface area (Å²) in [6, 6.07) is 4.82. The maximum atomic E-state index is 12.3. The molecule has 0 saturated carbocycles. The number of aliphatic hydroxyl groups excluding tert-OH is 1. The Morgan fingerprint density at radius 1 is 1.23 bits per heavy atom. The molecule has 0 aliphatic carbocycles. The summed E-state index contributed by atoms with van der Waals surface area (Å²) in [4.78, 5) is 15.4. The van der Waals surface area contributed by atoms with Gasteiger partial charge in [0.15, 0.2) is 6.29 Å². The van der Waals surface area contributed by atoms with Gasteiger partial charge in [-0.05, 0) is 17.7 Å². The summed E-state index contributed by atoms with van der Waals surface area (Å²) in [7, 11) is 0. The van der Waals surface area contributed by atoms with Crippen molar-refractivity contribution in [1.29, 1.82) is 0 Å². The van der Waals surface area contributed by atoms with Crippen LogP contribution in [-0.2, 0) is 20.8 Å². The van der Waals surface area contributed by atoms with E-state index in [1.165, 1.54) is 24.3 Å². The van der Waals surface area contributed by atoms with Crippen molar-refractivity contribution in [2.75, 3.05) is 32.8 Å². The number of carbonyl (C=O) groups is 1. The number of halogens is 3. The predicted octanol–water partition coefficient (Wildman–Crippen LogP) is 0.692. The van der Waals surface area contributed by atoms with Gasteiger partial charge >= 0.3 is 6.36 Å². The van der Waals surface area contributed by atoms with Crippen LogP contribution in [0.5, 0.6) is 5.75 Å². The number of alkyl halides is 3. The molecule has 4 rings (SSSR count). The van der Waals surface area contributed by atoms with Crippen LogP contribution in [0.15, 0.2) is 24.3 Å². The first-order valence-corrected chi connectivity index (χ1v) is 10.2. The normalized spacial score (nSPS) is 31.6. The van der Waals surface area contributed by atoms with Crippen LogP contribution in [0.2, 0.25) is 0 Å². The zero-order valence-electron chi connectivity index (χ0n) is 17.0. The van der Waals surface area contributed by atoms with Crippen molar-refractivity contribution < 1.29 is 37.3 Å². The van der Waals surface area contributed by atoms with E-state index in [1.807, 2.05) is 0 Å². The number of amides is 1. The molecule has 3 aliphatic rings. The molecule has 31 heavy (non-hydrogen) atoms. The van der Waals surface area contributed by atoms with Crippen LogP contribution in [0.25, 0.3) is 0 Å². The van der Waals surface area contributed by atoms with E-state index in [4.69, 9.17) is 9.47 Å². The molecule has 3 aliphatic heterocycles. The Morgan fingerprint density at radius 3 is 2.52 bits per heavy atom. The Bertz CT molecular complexity index is 770. The summed E-state index contributed by atoms with van der Waals surface area (Å²) in [6.45, 7) is 4.62. The van der Waals surface area contributed by atoms with Crippen molar-refractivity contribution >= 4 is 5.91 Å². The van der Waals surface area contributed by atoms with E-state index >= 15 is 0 Å². The van der Waals surface area contributed by atoms with Gasteiger partial charge in [0.25, 0.3) is 0 Å². The van der Waals surface area contributed by atoms with Crippen LogP contribution in [0, 0.1) is 0 Å². The predicted molar refractivity (Wildman–Crippen MR) is 102 cm³/mol. The summed E-state index contributed by atoms with van der Waals surface area (Å²) in [5.74, 6) is -0.252. The molecule has 1 aromatic carbocycles. The van der Waals surface area contributed by atoms with Gasteiger partial charge in [0, 0.05) is 39.6 Å². The van der Waals surface area contributed by atoms with Crippen molar-refractivity contribution in [3.63, 3.8) is 0 Å². The SMILES string of the molecule is CC(=O)N1CCN([C@@H]2[C@@H]3OC[C@H](O3)[C@@H](NCc3ccc(OC(F)(F)F)cc3)[C@@H]2O)CC1. The summed E-state index contributed by atoms with van der Waals surface area (Å²) < 4.78 is 52.5. The third kappa shape index (κ3) is 5.12. The van der Waals surface area contributed by atoms with Gasteiger partial charge in [0.05, 0.1) is 24.8 Å². The molecule has 0 unspecified atom stereocenters. The summed E-state index contributed by atoms with van der Waals surface area (Å²) in [6.07, 6.45) is -6.33. The lowest BCUT2D eigenvalue weighted by Crippen LogP contribution is -2.66. The highest BCUT2D eigenvalue weighted by Crippen LogP contribution is 2.32. The van der Waals surface area contributed by atoms with Gasteiger partial charge in [-0.2, -0.15) is 0 Å². The van der Waals surface area contributed by atoms with Gasteiger partial charge in [-0.25, -0.2) is 0 Å². The van der Waals surface area contributed by atoms with Crippen molar-refractivity contribution in [1.82, 2.24) is 15.1 Å². The average molecular weight is 445 g/mol. The molecular weight excluding hydrogens is 419 g/mol. The molecule has 1 aromatic rings. The van der Waals surface area contributed by atoms with Crippen LogP contribution >= 0.6 is 0 Å². The topological polar surface area (TPSA) is 83.5 Å². The Kier molecular flexibility index (Phi) is 6.40. The average Bonchev–Trinajstić information content (AvgIpc) is 3.13. The second-order valence-corrected chi connectivity index (χ2v) is 8.00. The number of nitrogens with zero attached hydrogens (tertiary/aromatic N) is 2. The molecule has 3 heterocycles. The number of fused-ring (bicyclic) bond motifs is 2. The second-order valence-electron chi connectivity index (χ2n) is 8.00. The Balaban J connectivity index is 1.37. The lowest BCUT2D eigenvalue weighted by molar-refractivity contribution is -0.274. The molecule has 0 aromatic heterocycles. The Labute approximate surface area is 177 Å². The highest BCUT2D eigenvalue weighted by molar-refractivity contribution is 5.73. The smallest absolute Gasteiger partial charge is 0.406 e. The van der Waals surface area contributed by atoms with Gasteiger partial charge in [0.2, 0.25) is 5.91 Å². The van der Waals surface area contributed by atoms with Crippen molar-refractivity contribution in [2.24, 2.45) is 0 Å². The molecular formula is C20H26F3N3O5. The monoisotopic (exact) mass is 445 g/mol. The van der Waals surface area contributed by atoms with Crippen LogP contribution in [0.4, 0.5) is 13.2 Å². The van der Waals surface area contributed by atoms with Gasteiger partial charge in [0.1, 0.15) is 11.9 Å². The molecule has 172 valence electrons. The number of benzene rings is 1. The fraction of sp³-hybridized carbons (Fsp3) is 0.650. The van der Waals surface area contributed by atoms with Gasteiger partial charge in [-0.1, -0.05) is 12.1 Å². The maximum absolute atomic E-state index is 12.3. The molecule has 3 saturated heterocycles. The number of ether oxygens (including phenoxy) is 3. The van der Waals surface area contributed by atoms with Crippen LogP contribution in [-0.4, -0.2) is 90.5 Å². The molecule has 11 heteroatoms. The molecule has 0 spiro atoms. The minimum atomic E-state index is -4.73. The number of rotatable bonds is 5. The standard InChI is InChI=1S/C20H26F3N3O5/c1-12(27)25-6-8-26(9-7-25)17-18(28)16(15-11-29-19(17)30-15)24-10-13-2-4-14(5-3-13)31-20(21,22)23/h2-5,15-19,24,28H,6-11H2,1H3/t15-,16+,17-,18-,19+/m0/s1. The van der Waals surface area contributed by atoms with E-state index in [2.05, 4.69) is 15.0 Å². The minimum Gasteiger partial charge on any atom is -0.406 e. The van der Waals surface area contributed by atoms with Gasteiger partial charge in [-0.3, -0.25) is 9.69 Å². The van der Waals surface area contributed by atoms with E-state index < -0.39 is 24.8 Å². The van der Waals surface area contributed by atoms with Crippen molar-refractivity contribution in [3.8, 4) is 5.75 Å². The summed E-state index contributed by atoms with van der Waals surface area (Å²) >= 11 is 0. The highest BCUT2D eigenvalue weighted by atomic mass is 19.4. The summed E-state index contributed by atoms with van der Waals surface area (Å²) in [5, 5.41) is 14.4. The van der Waals surface area contributed by atoms with Crippen molar-refractivity contribution in [2.45, 2.75) is 50.4 Å². The molecule has 2 bridgehead atoms. The summed E-state index contributed by atoms with van der Waals surface area (Å²) in [5.41, 5.74) is 0.745. The number of carbonyl (C=O) groups excluding carboxylic acids is 1. The number of hydrogen-bond donors (Lipinski definition) is 2. The Morgan fingerprint density at radius 2 is 1.90 bits per heavy atom. The Hall–Kier alpha value is -1.92. The lowest BCUT2D eigenvalue weighted by Gasteiger charge is -2.46. The largest absolute Gasteiger partial charge is 0.573 e. The number of aliphatic hydroxyl groups is 1. The first-order chi connectivity index (χ1) is 14.7. The van der Waals surface area contributed by atoms with Crippen LogP contribution < -0.4 is 10.1 Å². The maximum Gasteiger partial charge on any atom is 0.573 e. The number of piperazine rings is 1. The lowest BCUT2D eigenvalue weighted by atomic mass is 9.94. The first kappa shape index (κ1) is 22.3. The first-order valence-electron chi connectivity index (χ1n) is 10.2. The molecule has 0 radical (unpaired) electrons. The molecule has 3 fully saturated rings. The third-order valence-corrected chi connectivity index (χ3v) is 6.01. The van der Waals surface area contributed by atoms with Gasteiger partial charge in [-0.15, -0.1) is 13.2 Å². The molecule has 2 N–H and O–H groups in total. The van der Waals surface area contributed by atoms with Gasteiger partial charge < -0.3 is 29.5 Å². The van der Waals surface area contributed by atoms with Crippen LogP contribution in [0.1, 0.15) is 12.5 Å². The fourth-order valence-electron chi connectivity index (χ4n) is 4.42. The second kappa shape index (κ2) is 8.91. The number of hydrogen-bond acceptors (Lipinski definition) is 7. The zero-order chi connectivity index (χ0) is 22.2. The van der Waals surface area contributed by atoms with E-state index in [0.717, 1.165) is 5.56 Å². The quantitative estimate of drug-likeness (QED) is 0.690. The third-order valence-electron chi connectivity index (χ3n) is 6.01. The minimum absolute atomic E-state index is 0.0310. The molecule has 8 nitrogen and oxygen atoms in total. The van der Waals surface area contributed by atoms with Crippen LogP contribution in [0.3, 0.4) is 0 Å². The van der Waals surface area contributed by atoms with E-state index in [9.17, 15) is 23.1 Å². The molecule has 1 amide bonds. The molecule has 5 atom stereocenters. The zero-order valence-corrected chi connectivity index (χ0v) is 17.0. The van der Waals surface area contributed by atoms with E-state index in [-0.39, 0.29) is 23.8 Å². The number of nitrogens with one attached hydrogen (secondary N) is 1. The van der Waals surface area contributed by atoms with Crippen molar-refractivity contribution in [3.05, 3.63) is 29.8 Å².